The molecule has 0 amide bonds. The van der Waals surface area contributed by atoms with E-state index in [0.717, 1.165) is 23.6 Å². The smallest absolute Gasteiger partial charge is 0.161 e. The molecule has 3 nitrogen and oxygen atoms in total. The third-order valence-corrected chi connectivity index (χ3v) is 7.62. The minimum Gasteiger partial charge on any atom is -0.507 e. The summed E-state index contributed by atoms with van der Waals surface area (Å²) in [5.41, 5.74) is 7.55. The highest BCUT2D eigenvalue weighted by molar-refractivity contribution is 6.07. The number of hydrogen-bond acceptors (Lipinski definition) is 3. The van der Waals surface area contributed by atoms with E-state index in [1.807, 2.05) is 18.2 Å². The summed E-state index contributed by atoms with van der Waals surface area (Å²) in [6, 6.07) is 23.4. The minimum atomic E-state index is -0.146. The molecule has 1 spiro atoms. The lowest BCUT2D eigenvalue weighted by atomic mass is 9.48. The predicted molar refractivity (Wildman–Crippen MR) is 133 cm³/mol. The van der Waals surface area contributed by atoms with E-state index in [9.17, 15) is 5.11 Å². The van der Waals surface area contributed by atoms with Crippen molar-refractivity contribution in [2.75, 3.05) is 14.2 Å². The van der Waals surface area contributed by atoms with Crippen LogP contribution in [0.4, 0.5) is 0 Å². The van der Waals surface area contributed by atoms with Gasteiger partial charge in [0, 0.05) is 10.8 Å². The van der Waals surface area contributed by atoms with Gasteiger partial charge in [0.2, 0.25) is 0 Å². The summed E-state index contributed by atoms with van der Waals surface area (Å²) in [4.78, 5) is 0. The fraction of sp³-hybridized carbons (Fsp3) is 0.267. The largest absolute Gasteiger partial charge is 0.507 e. The number of aromatic hydroxyl groups is 1. The molecule has 2 aliphatic rings. The van der Waals surface area contributed by atoms with Gasteiger partial charge in [-0.2, -0.15) is 0 Å². The van der Waals surface area contributed by atoms with Crippen LogP contribution in [0.3, 0.4) is 0 Å². The van der Waals surface area contributed by atoms with Gasteiger partial charge >= 0.3 is 0 Å². The molecule has 166 valence electrons. The SMILES string of the molecule is COc1cc2c(O)cc3c(c2cc1OC)-c1ccccc1-c1ccccc1C31CC(C)(C)C1. The Balaban J connectivity index is 1.82. The number of ether oxygens (including phenoxy) is 2. The van der Waals surface area contributed by atoms with E-state index in [1.54, 1.807) is 14.2 Å². The first-order valence-electron chi connectivity index (χ1n) is 11.5. The van der Waals surface area contributed by atoms with Gasteiger partial charge in [-0.25, -0.2) is 0 Å². The molecule has 0 aliphatic heterocycles. The normalized spacial score (nSPS) is 16.8. The van der Waals surface area contributed by atoms with Crippen molar-refractivity contribution in [2.24, 2.45) is 5.41 Å². The van der Waals surface area contributed by atoms with Gasteiger partial charge in [0.15, 0.2) is 11.5 Å². The van der Waals surface area contributed by atoms with E-state index in [-0.39, 0.29) is 16.6 Å². The maximum absolute atomic E-state index is 11.3. The molecular formula is C30H28O3. The number of phenolic OH excluding ortho intramolecular Hbond substituents is 1. The van der Waals surface area contributed by atoms with Crippen molar-refractivity contribution in [3.63, 3.8) is 0 Å². The van der Waals surface area contributed by atoms with Gasteiger partial charge in [0.1, 0.15) is 5.75 Å². The molecule has 3 heteroatoms. The van der Waals surface area contributed by atoms with Crippen LogP contribution in [0.5, 0.6) is 17.2 Å². The summed E-state index contributed by atoms with van der Waals surface area (Å²) < 4.78 is 11.2. The number of benzene rings is 4. The number of fused-ring (bicyclic) bond motifs is 9. The predicted octanol–water partition coefficient (Wildman–Crippen LogP) is 7.32. The highest BCUT2D eigenvalue weighted by Gasteiger charge is 2.54. The third-order valence-electron chi connectivity index (χ3n) is 7.62. The van der Waals surface area contributed by atoms with Gasteiger partial charge in [-0.15, -0.1) is 0 Å². The van der Waals surface area contributed by atoms with Crippen LogP contribution in [0.1, 0.15) is 37.8 Å². The van der Waals surface area contributed by atoms with E-state index < -0.39 is 0 Å². The standard InChI is InChI=1S/C30H28O3/c1-29(2)16-30(17-29)23-12-8-7-10-19(23)18-9-5-6-11-20(18)28-22-14-27(33-4)26(32-3)13-21(22)25(31)15-24(28)30/h5-15,31H,16-17H2,1-4H3. The van der Waals surface area contributed by atoms with Gasteiger partial charge < -0.3 is 14.6 Å². The van der Waals surface area contributed by atoms with Crippen molar-refractivity contribution in [1.29, 1.82) is 0 Å². The Morgan fingerprint density at radius 3 is 1.91 bits per heavy atom. The highest BCUT2D eigenvalue weighted by Crippen LogP contribution is 2.65. The second kappa shape index (κ2) is 6.77. The molecule has 6 rings (SSSR count). The Kier molecular flexibility index (Phi) is 4.14. The summed E-state index contributed by atoms with van der Waals surface area (Å²) in [6.07, 6.45) is 2.08. The van der Waals surface area contributed by atoms with Crippen LogP contribution in [0.25, 0.3) is 33.0 Å². The van der Waals surface area contributed by atoms with Crippen molar-refractivity contribution in [3.8, 4) is 39.5 Å². The summed E-state index contributed by atoms with van der Waals surface area (Å²) in [6.45, 7) is 4.68. The average Bonchev–Trinajstić information content (AvgIpc) is 2.90. The Hall–Kier alpha value is -3.46. The van der Waals surface area contributed by atoms with Crippen LogP contribution in [0.2, 0.25) is 0 Å². The van der Waals surface area contributed by atoms with Crippen molar-refractivity contribution < 1.29 is 14.6 Å². The van der Waals surface area contributed by atoms with E-state index in [1.165, 1.54) is 33.4 Å². The Morgan fingerprint density at radius 2 is 1.27 bits per heavy atom. The number of methoxy groups -OCH3 is 2. The van der Waals surface area contributed by atoms with Gasteiger partial charge in [-0.1, -0.05) is 62.4 Å². The molecule has 0 atom stereocenters. The average molecular weight is 437 g/mol. The second-order valence-corrected chi connectivity index (χ2v) is 10.3. The zero-order valence-electron chi connectivity index (χ0n) is 19.5. The Morgan fingerprint density at radius 1 is 0.697 bits per heavy atom. The first kappa shape index (κ1) is 20.2. The number of hydrogen-bond donors (Lipinski definition) is 1. The van der Waals surface area contributed by atoms with Gasteiger partial charge in [-0.3, -0.25) is 0 Å². The zero-order chi connectivity index (χ0) is 23.0. The molecule has 0 heterocycles. The lowest BCUT2D eigenvalue weighted by Gasteiger charge is -2.55. The molecule has 2 aliphatic carbocycles. The first-order chi connectivity index (χ1) is 15.9. The topological polar surface area (TPSA) is 38.7 Å². The zero-order valence-corrected chi connectivity index (χ0v) is 19.5. The monoisotopic (exact) mass is 436 g/mol. The molecule has 0 unspecified atom stereocenters. The summed E-state index contributed by atoms with van der Waals surface area (Å²) >= 11 is 0. The third kappa shape index (κ3) is 2.68. The lowest BCUT2D eigenvalue weighted by molar-refractivity contribution is 0.0892. The van der Waals surface area contributed by atoms with Gasteiger partial charge in [0.25, 0.3) is 0 Å². The molecule has 0 aromatic heterocycles. The van der Waals surface area contributed by atoms with Crippen molar-refractivity contribution >= 4 is 10.8 Å². The summed E-state index contributed by atoms with van der Waals surface area (Å²) in [7, 11) is 3.28. The summed E-state index contributed by atoms with van der Waals surface area (Å²) in [5.74, 6) is 1.57. The molecule has 4 aromatic rings. The van der Waals surface area contributed by atoms with Crippen molar-refractivity contribution in [3.05, 3.63) is 77.9 Å². The number of phenols is 1. The Bertz CT molecular complexity index is 1420. The van der Waals surface area contributed by atoms with Gasteiger partial charge in [0.05, 0.1) is 14.2 Å². The summed E-state index contributed by atoms with van der Waals surface area (Å²) in [5, 5.41) is 13.1. The quantitative estimate of drug-likeness (QED) is 0.358. The van der Waals surface area contributed by atoms with Gasteiger partial charge in [-0.05, 0) is 75.2 Å². The van der Waals surface area contributed by atoms with E-state index in [4.69, 9.17) is 9.47 Å². The first-order valence-corrected chi connectivity index (χ1v) is 11.5. The molecular weight excluding hydrogens is 408 g/mol. The van der Waals surface area contributed by atoms with Crippen LogP contribution in [-0.4, -0.2) is 19.3 Å². The molecule has 0 bridgehead atoms. The molecule has 1 N–H and O–H groups in total. The lowest BCUT2D eigenvalue weighted by Crippen LogP contribution is -2.47. The van der Waals surface area contributed by atoms with E-state index >= 15 is 0 Å². The molecule has 33 heavy (non-hydrogen) atoms. The van der Waals surface area contributed by atoms with Crippen molar-refractivity contribution in [2.45, 2.75) is 32.1 Å². The minimum absolute atomic E-state index is 0.146. The fourth-order valence-electron chi connectivity index (χ4n) is 6.58. The van der Waals surface area contributed by atoms with Crippen LogP contribution in [0, 0.1) is 5.41 Å². The van der Waals surface area contributed by atoms with Crippen molar-refractivity contribution in [1.82, 2.24) is 0 Å². The molecule has 0 saturated heterocycles. The molecule has 1 fully saturated rings. The molecule has 0 radical (unpaired) electrons. The van der Waals surface area contributed by atoms with E-state index in [0.29, 0.717) is 11.5 Å². The maximum Gasteiger partial charge on any atom is 0.161 e. The Labute approximate surface area is 194 Å². The van der Waals surface area contributed by atoms with Crippen LogP contribution < -0.4 is 9.47 Å². The molecule has 4 aromatic carbocycles. The number of rotatable bonds is 2. The van der Waals surface area contributed by atoms with E-state index in [2.05, 4.69) is 62.4 Å². The van der Waals surface area contributed by atoms with Crippen LogP contribution >= 0.6 is 0 Å². The highest BCUT2D eigenvalue weighted by atomic mass is 16.5. The molecule has 1 saturated carbocycles. The maximum atomic E-state index is 11.3. The second-order valence-electron chi connectivity index (χ2n) is 10.3. The fourth-order valence-corrected chi connectivity index (χ4v) is 6.58. The van der Waals surface area contributed by atoms with Crippen LogP contribution in [-0.2, 0) is 5.41 Å². The van der Waals surface area contributed by atoms with Crippen LogP contribution in [0.15, 0.2) is 66.7 Å².